The van der Waals surface area contributed by atoms with E-state index in [4.69, 9.17) is 18.9 Å². The quantitative estimate of drug-likeness (QED) is 0.805. The summed E-state index contributed by atoms with van der Waals surface area (Å²) in [4.78, 5) is 0. The van der Waals surface area contributed by atoms with Gasteiger partial charge in [-0.15, -0.1) is 0 Å². The SMILES string of the molecule is CC1(C)OC[C@@H]([C@@H](OCc2ccccc2)[C@H]2O[C@@H]2CO)O1. The van der Waals surface area contributed by atoms with Crippen molar-refractivity contribution in [1.82, 2.24) is 0 Å². The predicted octanol–water partition coefficient (Wildman–Crippen LogP) is 1.48. The van der Waals surface area contributed by atoms with Gasteiger partial charge in [-0.3, -0.25) is 0 Å². The summed E-state index contributed by atoms with van der Waals surface area (Å²) in [5.74, 6) is -0.595. The Balaban J connectivity index is 1.63. The highest BCUT2D eigenvalue weighted by molar-refractivity contribution is 5.13. The van der Waals surface area contributed by atoms with Gasteiger partial charge in [-0.05, 0) is 19.4 Å². The van der Waals surface area contributed by atoms with Crippen LogP contribution in [0.3, 0.4) is 0 Å². The number of hydrogen-bond acceptors (Lipinski definition) is 5. The predicted molar refractivity (Wildman–Crippen MR) is 75.7 cm³/mol. The highest BCUT2D eigenvalue weighted by Gasteiger charge is 2.51. The minimum absolute atomic E-state index is 0.00678. The van der Waals surface area contributed by atoms with E-state index in [0.29, 0.717) is 13.2 Å². The molecule has 5 heteroatoms. The van der Waals surface area contributed by atoms with Crippen LogP contribution in [-0.2, 0) is 25.6 Å². The lowest BCUT2D eigenvalue weighted by Gasteiger charge is -2.23. The van der Waals surface area contributed by atoms with Gasteiger partial charge in [0, 0.05) is 0 Å². The number of rotatable bonds is 6. The van der Waals surface area contributed by atoms with Crippen LogP contribution in [0.15, 0.2) is 30.3 Å². The number of aliphatic hydroxyl groups excluding tert-OH is 1. The van der Waals surface area contributed by atoms with E-state index in [1.54, 1.807) is 0 Å². The molecule has 0 bridgehead atoms. The zero-order chi connectivity index (χ0) is 14.9. The van der Waals surface area contributed by atoms with Crippen LogP contribution in [0.25, 0.3) is 0 Å². The number of benzene rings is 1. The van der Waals surface area contributed by atoms with Crippen molar-refractivity contribution in [3.63, 3.8) is 0 Å². The first-order valence-corrected chi connectivity index (χ1v) is 7.33. The fourth-order valence-corrected chi connectivity index (χ4v) is 2.65. The lowest BCUT2D eigenvalue weighted by molar-refractivity contribution is -0.160. The van der Waals surface area contributed by atoms with E-state index in [1.807, 2.05) is 44.2 Å². The first kappa shape index (κ1) is 14.9. The zero-order valence-electron chi connectivity index (χ0n) is 12.4. The lowest BCUT2D eigenvalue weighted by atomic mass is 10.1. The third-order valence-electron chi connectivity index (χ3n) is 3.81. The Morgan fingerprint density at radius 3 is 2.67 bits per heavy atom. The zero-order valence-corrected chi connectivity index (χ0v) is 12.4. The average molecular weight is 294 g/mol. The monoisotopic (exact) mass is 294 g/mol. The summed E-state index contributed by atoms with van der Waals surface area (Å²) in [5.41, 5.74) is 1.10. The van der Waals surface area contributed by atoms with Crippen LogP contribution in [0.1, 0.15) is 19.4 Å². The molecule has 0 radical (unpaired) electrons. The van der Waals surface area contributed by atoms with Gasteiger partial charge in [0.15, 0.2) is 5.79 Å². The summed E-state index contributed by atoms with van der Waals surface area (Å²) in [7, 11) is 0. The highest BCUT2D eigenvalue weighted by atomic mass is 16.8. The number of ether oxygens (including phenoxy) is 4. The Labute approximate surface area is 124 Å². The van der Waals surface area contributed by atoms with Crippen LogP contribution in [0.4, 0.5) is 0 Å². The maximum absolute atomic E-state index is 9.20. The summed E-state index contributed by atoms with van der Waals surface area (Å²) in [6.07, 6.45) is -0.686. The summed E-state index contributed by atoms with van der Waals surface area (Å²) in [5, 5.41) is 9.20. The number of epoxide rings is 1. The van der Waals surface area contributed by atoms with E-state index in [9.17, 15) is 5.11 Å². The van der Waals surface area contributed by atoms with Crippen molar-refractivity contribution < 1.29 is 24.1 Å². The van der Waals surface area contributed by atoms with Gasteiger partial charge >= 0.3 is 0 Å². The third kappa shape index (κ3) is 3.62. The first-order valence-electron chi connectivity index (χ1n) is 7.33. The van der Waals surface area contributed by atoms with Gasteiger partial charge in [0.05, 0.1) is 19.8 Å². The molecular weight excluding hydrogens is 272 g/mol. The van der Waals surface area contributed by atoms with Gasteiger partial charge < -0.3 is 24.1 Å². The molecule has 2 aliphatic heterocycles. The molecule has 21 heavy (non-hydrogen) atoms. The number of hydrogen-bond donors (Lipinski definition) is 1. The van der Waals surface area contributed by atoms with Crippen LogP contribution < -0.4 is 0 Å². The second-order valence-electron chi connectivity index (χ2n) is 5.95. The van der Waals surface area contributed by atoms with Crippen LogP contribution >= 0.6 is 0 Å². The van der Waals surface area contributed by atoms with Crippen molar-refractivity contribution in [3.8, 4) is 0 Å². The summed E-state index contributed by atoms with van der Waals surface area (Å²) < 4.78 is 23.0. The molecule has 0 saturated carbocycles. The van der Waals surface area contributed by atoms with Crippen molar-refractivity contribution in [2.24, 2.45) is 0 Å². The molecule has 2 fully saturated rings. The molecule has 0 aromatic heterocycles. The van der Waals surface area contributed by atoms with E-state index >= 15 is 0 Å². The molecule has 116 valence electrons. The molecule has 2 aliphatic rings. The molecule has 0 spiro atoms. The summed E-state index contributed by atoms with van der Waals surface area (Å²) in [6.45, 7) is 4.75. The minimum Gasteiger partial charge on any atom is -0.394 e. The maximum atomic E-state index is 9.20. The van der Waals surface area contributed by atoms with E-state index in [2.05, 4.69) is 0 Å². The molecule has 4 atom stereocenters. The summed E-state index contributed by atoms with van der Waals surface area (Å²) in [6, 6.07) is 9.98. The van der Waals surface area contributed by atoms with Crippen LogP contribution in [-0.4, -0.2) is 48.5 Å². The fourth-order valence-electron chi connectivity index (χ4n) is 2.65. The fraction of sp³-hybridized carbons (Fsp3) is 0.625. The number of aliphatic hydroxyl groups is 1. The minimum atomic E-state index is -0.595. The smallest absolute Gasteiger partial charge is 0.163 e. The van der Waals surface area contributed by atoms with Gasteiger partial charge in [0.2, 0.25) is 0 Å². The molecule has 1 aromatic carbocycles. The van der Waals surface area contributed by atoms with Crippen molar-refractivity contribution in [3.05, 3.63) is 35.9 Å². The van der Waals surface area contributed by atoms with E-state index in [1.165, 1.54) is 0 Å². The van der Waals surface area contributed by atoms with Crippen molar-refractivity contribution in [2.75, 3.05) is 13.2 Å². The van der Waals surface area contributed by atoms with Crippen molar-refractivity contribution >= 4 is 0 Å². The van der Waals surface area contributed by atoms with Crippen molar-refractivity contribution in [2.45, 2.75) is 50.7 Å². The second-order valence-corrected chi connectivity index (χ2v) is 5.95. The molecule has 2 heterocycles. The van der Waals surface area contributed by atoms with Gasteiger partial charge in [-0.25, -0.2) is 0 Å². The maximum Gasteiger partial charge on any atom is 0.163 e. The molecular formula is C16H22O5. The molecule has 0 unspecified atom stereocenters. The van der Waals surface area contributed by atoms with Crippen LogP contribution in [0.5, 0.6) is 0 Å². The van der Waals surface area contributed by atoms with E-state index in [0.717, 1.165) is 5.56 Å². The highest BCUT2D eigenvalue weighted by Crippen LogP contribution is 2.34. The van der Waals surface area contributed by atoms with Gasteiger partial charge in [-0.2, -0.15) is 0 Å². The molecule has 3 rings (SSSR count). The Bertz CT molecular complexity index is 461. The second kappa shape index (κ2) is 6.02. The Morgan fingerprint density at radius 1 is 1.33 bits per heavy atom. The first-order chi connectivity index (χ1) is 10.1. The molecule has 1 aromatic rings. The topological polar surface area (TPSA) is 60.5 Å². The standard InChI is InChI=1S/C16H22O5/c1-16(2)19-10-13(21-16)14(15-12(8-17)20-15)18-9-11-6-4-3-5-7-11/h3-7,12-15,17H,8-10H2,1-2H3/t12-,13+,14-,15+/m1/s1. The van der Waals surface area contributed by atoms with Crippen LogP contribution in [0, 0.1) is 0 Å². The molecule has 0 amide bonds. The van der Waals surface area contributed by atoms with Crippen LogP contribution in [0.2, 0.25) is 0 Å². The molecule has 5 nitrogen and oxygen atoms in total. The van der Waals surface area contributed by atoms with E-state index in [-0.39, 0.29) is 31.0 Å². The molecule has 0 aliphatic carbocycles. The normalized spacial score (nSPS) is 32.0. The third-order valence-corrected chi connectivity index (χ3v) is 3.81. The largest absolute Gasteiger partial charge is 0.394 e. The van der Waals surface area contributed by atoms with Gasteiger partial charge in [-0.1, -0.05) is 30.3 Å². The Hall–Kier alpha value is -0.980. The molecule has 1 N–H and O–H groups in total. The average Bonchev–Trinajstić information content (AvgIpc) is 3.17. The van der Waals surface area contributed by atoms with Gasteiger partial charge in [0.1, 0.15) is 24.4 Å². The van der Waals surface area contributed by atoms with Gasteiger partial charge in [0.25, 0.3) is 0 Å². The van der Waals surface area contributed by atoms with Crippen molar-refractivity contribution in [1.29, 1.82) is 0 Å². The Morgan fingerprint density at radius 2 is 2.10 bits per heavy atom. The summed E-state index contributed by atoms with van der Waals surface area (Å²) >= 11 is 0. The Kier molecular flexibility index (Phi) is 4.28. The van der Waals surface area contributed by atoms with E-state index < -0.39 is 5.79 Å². The molecule has 2 saturated heterocycles. The lowest BCUT2D eigenvalue weighted by Crippen LogP contribution is -2.38.